The molecule has 1 aromatic rings. The minimum Gasteiger partial charge on any atom is -1.00 e. The second kappa shape index (κ2) is 23.2. The first-order valence-electron chi connectivity index (χ1n) is 13.6. The smallest absolute Gasteiger partial charge is 1.00 e. The molecule has 2 N–H and O–H groups in total. The van der Waals surface area contributed by atoms with Gasteiger partial charge in [0.2, 0.25) is 0 Å². The van der Waals surface area contributed by atoms with Gasteiger partial charge in [-0.3, -0.25) is 9.59 Å². The Labute approximate surface area is 296 Å². The van der Waals surface area contributed by atoms with Gasteiger partial charge in [0.25, 0.3) is 0 Å². The first-order valence-corrected chi connectivity index (χ1v) is 13.6. The van der Waals surface area contributed by atoms with Gasteiger partial charge in [-0.15, -0.1) is 0 Å². The molecule has 3 rings (SSSR count). The number of rotatable bonds is 6. The standard InChI is InChI=1S/2C12H19N.C9H9NO2.3BrH.Fe/c2*1-8(2)10-6-5-7-11(9(3)4)12(10)13;1-6(11)8-4-3-5-9(10-8)7(2)12;;;;/h2*5-10,13H,1-4H3;3-5H,1-2H3;3*1H;/q;;;;;;+3/p-3. The largest absolute Gasteiger partial charge is 3.00 e. The number of nitrogens with zero attached hydrogens (tertiary/aromatic N) is 1. The molecule has 1 radical (unpaired) electrons. The summed E-state index contributed by atoms with van der Waals surface area (Å²) < 4.78 is 0. The second-order valence-electron chi connectivity index (χ2n) is 11.2. The van der Waals surface area contributed by atoms with Crippen LogP contribution in [0.15, 0.2) is 65.8 Å². The van der Waals surface area contributed by atoms with Crippen molar-refractivity contribution in [2.45, 2.75) is 69.2 Å². The van der Waals surface area contributed by atoms with Gasteiger partial charge >= 0.3 is 17.1 Å². The predicted octanol–water partition coefficient (Wildman–Crippen LogP) is -0.643. The number of aromatic nitrogens is 1. The molecule has 2 unspecified atom stereocenters. The van der Waals surface area contributed by atoms with Gasteiger partial charge in [-0.25, -0.2) is 4.98 Å². The van der Waals surface area contributed by atoms with Crippen molar-refractivity contribution < 1.29 is 77.6 Å². The van der Waals surface area contributed by atoms with E-state index in [0.29, 0.717) is 46.9 Å². The van der Waals surface area contributed by atoms with Crippen LogP contribution in [0.25, 0.3) is 0 Å². The SMILES string of the molecule is CC(=O)c1cccc(C(C)=O)n1.CC(C)C1=CC=CC(C(C)C)C1=N.CC(C)C1=CC=CC(C(C)C)C1=N.[Br-].[Br-].[Br-].[Fe+3]. The van der Waals surface area contributed by atoms with Crippen molar-refractivity contribution in [3.05, 3.63) is 77.2 Å². The summed E-state index contributed by atoms with van der Waals surface area (Å²) in [5.41, 5.74) is 4.69. The molecule has 0 aliphatic heterocycles. The Morgan fingerprint density at radius 1 is 0.667 bits per heavy atom. The van der Waals surface area contributed by atoms with Crippen LogP contribution in [0, 0.1) is 46.3 Å². The number of carbonyl (C=O) groups excluding carboxylic acids is 2. The van der Waals surface area contributed by atoms with E-state index in [9.17, 15) is 9.59 Å². The Morgan fingerprint density at radius 3 is 1.21 bits per heavy atom. The molecule has 0 fully saturated rings. The number of ketones is 2. The quantitative estimate of drug-likeness (QED) is 0.296. The maximum absolute atomic E-state index is 10.8. The Kier molecular flexibility index (Phi) is 26.3. The van der Waals surface area contributed by atoms with Gasteiger partial charge in [0.1, 0.15) is 11.4 Å². The van der Waals surface area contributed by atoms with Crippen LogP contribution in [0.5, 0.6) is 0 Å². The summed E-state index contributed by atoms with van der Waals surface area (Å²) in [6, 6.07) is 4.84. The molecular formula is C33H47Br3FeN3O2. The number of carbonyl (C=O) groups is 2. The predicted molar refractivity (Wildman–Crippen MR) is 160 cm³/mol. The number of hydrogen-bond acceptors (Lipinski definition) is 5. The van der Waals surface area contributed by atoms with Crippen LogP contribution in [0.1, 0.15) is 90.2 Å². The number of halogens is 3. The van der Waals surface area contributed by atoms with Gasteiger partial charge in [-0.1, -0.05) is 97.9 Å². The minimum absolute atomic E-state index is 0. The average molecular weight is 813 g/mol. The third-order valence-corrected chi connectivity index (χ3v) is 6.63. The summed E-state index contributed by atoms with van der Waals surface area (Å²) >= 11 is 0. The van der Waals surface area contributed by atoms with Crippen LogP contribution in [0.2, 0.25) is 0 Å². The van der Waals surface area contributed by atoms with E-state index >= 15 is 0 Å². The van der Waals surface area contributed by atoms with Crippen molar-refractivity contribution in [1.29, 1.82) is 10.8 Å². The van der Waals surface area contributed by atoms with Gasteiger partial charge in [0.05, 0.1) is 0 Å². The molecule has 0 saturated heterocycles. The molecule has 1 heterocycles. The first-order chi connectivity index (χ1) is 17.7. The number of Topliss-reactive ketones (excluding diaryl/α,β-unsaturated/α-hetero) is 2. The molecule has 2 aliphatic carbocycles. The molecule has 9 heteroatoms. The molecule has 0 amide bonds. The fraction of sp³-hybridized carbons (Fsp3) is 0.485. The summed E-state index contributed by atoms with van der Waals surface area (Å²) in [6.45, 7) is 20.1. The van der Waals surface area contributed by atoms with Crippen molar-refractivity contribution in [3.63, 3.8) is 0 Å². The zero-order valence-electron chi connectivity index (χ0n) is 26.4. The molecule has 5 nitrogen and oxygen atoms in total. The van der Waals surface area contributed by atoms with Crippen molar-refractivity contribution in [2.75, 3.05) is 0 Å². The van der Waals surface area contributed by atoms with Crippen molar-refractivity contribution in [3.8, 4) is 0 Å². The van der Waals surface area contributed by atoms with Crippen LogP contribution in [-0.4, -0.2) is 28.0 Å². The fourth-order valence-corrected chi connectivity index (χ4v) is 4.26. The van der Waals surface area contributed by atoms with Crippen molar-refractivity contribution in [1.82, 2.24) is 4.98 Å². The third-order valence-electron chi connectivity index (χ3n) is 6.63. The van der Waals surface area contributed by atoms with Crippen LogP contribution < -0.4 is 50.9 Å². The molecule has 0 spiro atoms. The zero-order chi connectivity index (χ0) is 29.2. The van der Waals surface area contributed by atoms with E-state index in [1.54, 1.807) is 18.2 Å². The van der Waals surface area contributed by atoms with Crippen LogP contribution in [0.3, 0.4) is 0 Å². The number of pyridine rings is 1. The molecule has 0 bridgehead atoms. The molecule has 2 atom stereocenters. The molecule has 1 aromatic heterocycles. The summed E-state index contributed by atoms with van der Waals surface area (Å²) in [5.74, 6) is 2.40. The van der Waals surface area contributed by atoms with Gasteiger partial charge in [-0.05, 0) is 47.0 Å². The van der Waals surface area contributed by atoms with Gasteiger partial charge < -0.3 is 61.8 Å². The van der Waals surface area contributed by atoms with Crippen LogP contribution >= 0.6 is 0 Å². The average Bonchev–Trinajstić information content (AvgIpc) is 2.84. The van der Waals surface area contributed by atoms with E-state index in [1.165, 1.54) is 25.0 Å². The Bertz CT molecular complexity index is 1070. The Morgan fingerprint density at radius 2 is 0.976 bits per heavy atom. The van der Waals surface area contributed by atoms with Crippen molar-refractivity contribution >= 4 is 23.0 Å². The third kappa shape index (κ3) is 15.0. The van der Waals surface area contributed by atoms with E-state index in [2.05, 4.69) is 96.8 Å². The van der Waals surface area contributed by atoms with Crippen molar-refractivity contribution in [2.24, 2.45) is 35.5 Å². The van der Waals surface area contributed by atoms with Gasteiger partial charge in [-0.2, -0.15) is 0 Å². The summed E-state index contributed by atoms with van der Waals surface area (Å²) in [4.78, 5) is 25.6. The normalized spacial score (nSPS) is 16.8. The fourth-order valence-electron chi connectivity index (χ4n) is 4.26. The molecule has 42 heavy (non-hydrogen) atoms. The molecule has 235 valence electrons. The van der Waals surface area contributed by atoms with E-state index < -0.39 is 0 Å². The topological polar surface area (TPSA) is 94.7 Å². The van der Waals surface area contributed by atoms with E-state index in [1.807, 2.05) is 0 Å². The zero-order valence-corrected chi connectivity index (χ0v) is 32.3. The minimum atomic E-state index is -0.127. The van der Waals surface area contributed by atoms with Crippen LogP contribution in [0.4, 0.5) is 0 Å². The van der Waals surface area contributed by atoms with Gasteiger partial charge in [0.15, 0.2) is 11.6 Å². The number of hydrogen-bond donors (Lipinski definition) is 2. The molecular weight excluding hydrogens is 766 g/mol. The van der Waals surface area contributed by atoms with E-state index in [0.717, 1.165) is 11.4 Å². The van der Waals surface area contributed by atoms with Gasteiger partial charge in [0, 0.05) is 37.1 Å². The number of allylic oxidation sites excluding steroid dienone is 8. The molecule has 0 saturated carbocycles. The Hall–Kier alpha value is -1.25. The van der Waals surface area contributed by atoms with Crippen LogP contribution in [-0.2, 0) is 17.1 Å². The van der Waals surface area contributed by atoms with E-state index in [4.69, 9.17) is 10.8 Å². The molecule has 0 aromatic carbocycles. The maximum Gasteiger partial charge on any atom is 3.00 e. The summed E-state index contributed by atoms with van der Waals surface area (Å²) in [7, 11) is 0. The first kappa shape index (κ1) is 47.7. The monoisotopic (exact) mass is 810 g/mol. The second-order valence-corrected chi connectivity index (χ2v) is 11.2. The maximum atomic E-state index is 10.8. The summed E-state index contributed by atoms with van der Waals surface area (Å²) in [5, 5.41) is 16.1. The number of nitrogens with one attached hydrogen (secondary N) is 2. The van der Waals surface area contributed by atoms with E-state index in [-0.39, 0.29) is 79.6 Å². The Balaban J connectivity index is -0.000000246. The molecule has 2 aliphatic rings. The summed E-state index contributed by atoms with van der Waals surface area (Å²) in [6.07, 6.45) is 12.6.